The van der Waals surface area contributed by atoms with Gasteiger partial charge >= 0.3 is 0 Å². The molecule has 1 aliphatic heterocycles. The Morgan fingerprint density at radius 3 is 2.63 bits per heavy atom. The third kappa shape index (κ3) is 3.57. The fourth-order valence-corrected chi connectivity index (χ4v) is 5.43. The Hall–Kier alpha value is -2.38. The summed E-state index contributed by atoms with van der Waals surface area (Å²) in [5, 5.41) is 9.01. The van der Waals surface area contributed by atoms with Crippen molar-refractivity contribution in [2.45, 2.75) is 11.4 Å². The lowest BCUT2D eigenvalue weighted by Gasteiger charge is -2.34. The first-order valence-corrected chi connectivity index (χ1v) is 10.7. The van der Waals surface area contributed by atoms with Gasteiger partial charge in [0.05, 0.1) is 23.4 Å². The molecule has 1 fully saturated rings. The van der Waals surface area contributed by atoms with E-state index in [0.717, 1.165) is 17.3 Å². The molecule has 1 aromatic heterocycles. The number of nitriles is 1. The Kier molecular flexibility index (Phi) is 4.88. The number of hydrogen-bond acceptors (Lipinski definition) is 7. The lowest BCUT2D eigenvalue weighted by atomic mass is 10.1. The van der Waals surface area contributed by atoms with Gasteiger partial charge in [0.25, 0.3) is 0 Å². The van der Waals surface area contributed by atoms with E-state index in [1.54, 1.807) is 24.3 Å². The van der Waals surface area contributed by atoms with Crippen molar-refractivity contribution in [2.75, 3.05) is 26.2 Å². The number of fused-ring (bicyclic) bond motifs is 1. The smallest absolute Gasteiger partial charge is 0.245 e. The van der Waals surface area contributed by atoms with Crippen LogP contribution in [-0.2, 0) is 16.6 Å². The first-order valence-electron chi connectivity index (χ1n) is 8.51. The first-order chi connectivity index (χ1) is 13.1. The molecule has 138 valence electrons. The standard InChI is InChI=1S/C18H17N5O2S2/c19-12-14-3-1-4-15(11-14)13-22-7-9-23(10-8-22)27(24,25)17-6-2-5-16-18(17)21-26-20-16/h1-6,11H,7-10,13H2. The van der Waals surface area contributed by atoms with Crippen LogP contribution < -0.4 is 0 Å². The maximum atomic E-state index is 13.1. The highest BCUT2D eigenvalue weighted by Gasteiger charge is 2.30. The summed E-state index contributed by atoms with van der Waals surface area (Å²) in [7, 11) is -3.60. The second kappa shape index (κ2) is 7.32. The summed E-state index contributed by atoms with van der Waals surface area (Å²) in [5.74, 6) is 0. The number of rotatable bonds is 4. The predicted molar refractivity (Wildman–Crippen MR) is 103 cm³/mol. The van der Waals surface area contributed by atoms with Crippen LogP contribution in [0.2, 0.25) is 0 Å². The van der Waals surface area contributed by atoms with E-state index in [-0.39, 0.29) is 4.90 Å². The second-order valence-corrected chi connectivity index (χ2v) is 8.82. The fraction of sp³-hybridized carbons (Fsp3) is 0.278. The summed E-state index contributed by atoms with van der Waals surface area (Å²) in [6.45, 7) is 2.83. The fourth-order valence-electron chi connectivity index (χ4n) is 3.25. The zero-order valence-corrected chi connectivity index (χ0v) is 16.1. The molecular formula is C18H17N5O2S2. The Morgan fingerprint density at radius 2 is 1.85 bits per heavy atom. The van der Waals surface area contributed by atoms with Crippen LogP contribution in [0.1, 0.15) is 11.1 Å². The van der Waals surface area contributed by atoms with Gasteiger partial charge in [0.2, 0.25) is 10.0 Å². The predicted octanol–water partition coefficient (Wildman–Crippen LogP) is 2.07. The average Bonchev–Trinajstić information content (AvgIpc) is 3.17. The zero-order chi connectivity index (χ0) is 18.9. The van der Waals surface area contributed by atoms with Crippen molar-refractivity contribution in [2.24, 2.45) is 0 Å². The monoisotopic (exact) mass is 399 g/mol. The van der Waals surface area contributed by atoms with Crippen molar-refractivity contribution in [3.05, 3.63) is 53.6 Å². The van der Waals surface area contributed by atoms with Crippen LogP contribution in [0, 0.1) is 11.3 Å². The van der Waals surface area contributed by atoms with E-state index in [4.69, 9.17) is 5.26 Å². The number of benzene rings is 2. The zero-order valence-electron chi connectivity index (χ0n) is 14.4. The molecule has 0 unspecified atom stereocenters. The summed E-state index contributed by atoms with van der Waals surface area (Å²) in [6, 6.07) is 14.7. The maximum Gasteiger partial charge on any atom is 0.245 e. The summed E-state index contributed by atoms with van der Waals surface area (Å²) in [4.78, 5) is 2.43. The number of piperazine rings is 1. The Labute approximate surface area is 161 Å². The van der Waals surface area contributed by atoms with Gasteiger partial charge in [-0.3, -0.25) is 4.90 Å². The lowest BCUT2D eigenvalue weighted by Crippen LogP contribution is -2.48. The molecule has 4 rings (SSSR count). The number of nitrogens with zero attached hydrogens (tertiary/aromatic N) is 5. The van der Waals surface area contributed by atoms with Crippen LogP contribution >= 0.6 is 11.7 Å². The van der Waals surface area contributed by atoms with Gasteiger partial charge in [0.1, 0.15) is 15.9 Å². The molecule has 3 aromatic rings. The molecule has 0 saturated carbocycles. The largest absolute Gasteiger partial charge is 0.296 e. The third-order valence-electron chi connectivity index (χ3n) is 4.66. The topological polar surface area (TPSA) is 90.2 Å². The molecular weight excluding hydrogens is 382 g/mol. The minimum Gasteiger partial charge on any atom is -0.296 e. The Morgan fingerprint density at radius 1 is 1.07 bits per heavy atom. The highest BCUT2D eigenvalue weighted by Crippen LogP contribution is 2.25. The number of sulfonamides is 1. The summed E-state index contributed by atoms with van der Waals surface area (Å²) < 4.78 is 35.9. The van der Waals surface area contributed by atoms with Crippen molar-refractivity contribution >= 4 is 32.8 Å². The third-order valence-corrected chi connectivity index (χ3v) is 7.13. The van der Waals surface area contributed by atoms with Gasteiger partial charge in [-0.05, 0) is 29.8 Å². The highest BCUT2D eigenvalue weighted by molar-refractivity contribution is 7.89. The van der Waals surface area contributed by atoms with Gasteiger partial charge in [0, 0.05) is 32.7 Å². The summed E-state index contributed by atoms with van der Waals surface area (Å²) >= 11 is 1.02. The number of hydrogen-bond donors (Lipinski definition) is 0. The molecule has 0 N–H and O–H groups in total. The van der Waals surface area contributed by atoms with Crippen LogP contribution in [0.5, 0.6) is 0 Å². The molecule has 7 nitrogen and oxygen atoms in total. The van der Waals surface area contributed by atoms with Crippen LogP contribution in [0.25, 0.3) is 11.0 Å². The quantitative estimate of drug-likeness (QED) is 0.667. The molecule has 0 spiro atoms. The van der Waals surface area contributed by atoms with Crippen molar-refractivity contribution in [3.8, 4) is 6.07 Å². The molecule has 0 atom stereocenters. The SMILES string of the molecule is N#Cc1cccc(CN2CCN(S(=O)(=O)c3cccc4nsnc34)CC2)c1. The Bertz CT molecular complexity index is 1110. The van der Waals surface area contributed by atoms with Gasteiger partial charge in [-0.25, -0.2) is 8.42 Å². The minimum absolute atomic E-state index is 0.226. The van der Waals surface area contributed by atoms with E-state index < -0.39 is 10.0 Å². The molecule has 2 aromatic carbocycles. The molecule has 9 heteroatoms. The van der Waals surface area contributed by atoms with E-state index in [9.17, 15) is 8.42 Å². The molecule has 0 radical (unpaired) electrons. The molecule has 27 heavy (non-hydrogen) atoms. The minimum atomic E-state index is -3.60. The molecule has 0 amide bonds. The van der Waals surface area contributed by atoms with E-state index in [1.807, 2.05) is 18.2 Å². The first kappa shape index (κ1) is 18.0. The maximum absolute atomic E-state index is 13.1. The summed E-state index contributed by atoms with van der Waals surface area (Å²) in [5.41, 5.74) is 2.75. The van der Waals surface area contributed by atoms with E-state index >= 15 is 0 Å². The van der Waals surface area contributed by atoms with Gasteiger partial charge in [-0.1, -0.05) is 18.2 Å². The Balaban J connectivity index is 1.47. The van der Waals surface area contributed by atoms with Crippen molar-refractivity contribution in [3.63, 3.8) is 0 Å². The lowest BCUT2D eigenvalue weighted by molar-refractivity contribution is 0.181. The molecule has 1 saturated heterocycles. The van der Waals surface area contributed by atoms with Crippen LogP contribution in [0.3, 0.4) is 0 Å². The summed E-state index contributed by atoms with van der Waals surface area (Å²) in [6.07, 6.45) is 0. The van der Waals surface area contributed by atoms with Gasteiger partial charge < -0.3 is 0 Å². The molecule has 2 heterocycles. The van der Waals surface area contributed by atoms with E-state index in [2.05, 4.69) is 19.7 Å². The second-order valence-electron chi connectivity index (χ2n) is 6.38. The molecule has 1 aliphatic rings. The number of aromatic nitrogens is 2. The van der Waals surface area contributed by atoms with Gasteiger partial charge in [-0.2, -0.15) is 18.3 Å². The molecule has 0 bridgehead atoms. The highest BCUT2D eigenvalue weighted by atomic mass is 32.2. The van der Waals surface area contributed by atoms with E-state index in [0.29, 0.717) is 49.3 Å². The van der Waals surface area contributed by atoms with Crippen molar-refractivity contribution in [1.82, 2.24) is 18.0 Å². The van der Waals surface area contributed by atoms with E-state index in [1.165, 1.54) is 4.31 Å². The van der Waals surface area contributed by atoms with Crippen molar-refractivity contribution in [1.29, 1.82) is 5.26 Å². The average molecular weight is 400 g/mol. The van der Waals surface area contributed by atoms with Gasteiger partial charge in [0.15, 0.2) is 0 Å². The van der Waals surface area contributed by atoms with Crippen LogP contribution in [0.15, 0.2) is 47.4 Å². The van der Waals surface area contributed by atoms with Crippen molar-refractivity contribution < 1.29 is 8.42 Å². The molecule has 0 aliphatic carbocycles. The van der Waals surface area contributed by atoms with Gasteiger partial charge in [-0.15, -0.1) is 0 Å². The van der Waals surface area contributed by atoms with Crippen LogP contribution in [0.4, 0.5) is 0 Å². The normalized spacial score (nSPS) is 16.4. The van der Waals surface area contributed by atoms with Crippen LogP contribution in [-0.4, -0.2) is 52.5 Å².